The van der Waals surface area contributed by atoms with Crippen molar-refractivity contribution in [2.75, 3.05) is 26.2 Å². The molecule has 2 unspecified atom stereocenters. The van der Waals surface area contributed by atoms with E-state index in [2.05, 4.69) is 10.2 Å². The van der Waals surface area contributed by atoms with Crippen LogP contribution >= 0.6 is 0 Å². The van der Waals surface area contributed by atoms with Crippen LogP contribution in [0.3, 0.4) is 0 Å². The first-order valence-electron chi connectivity index (χ1n) is 7.92. The molecule has 2 saturated carbocycles. The highest BCUT2D eigenvalue weighted by Gasteiger charge is 2.50. The van der Waals surface area contributed by atoms with Crippen molar-refractivity contribution in [2.24, 2.45) is 17.8 Å². The van der Waals surface area contributed by atoms with Crippen LogP contribution in [0.1, 0.15) is 38.5 Å². The number of amides is 1. The number of hydrogen-bond acceptors (Lipinski definition) is 3. The zero-order chi connectivity index (χ0) is 13.2. The molecule has 1 aliphatic heterocycles. The van der Waals surface area contributed by atoms with Gasteiger partial charge in [-0.3, -0.25) is 4.79 Å². The van der Waals surface area contributed by atoms with Crippen molar-refractivity contribution in [3.05, 3.63) is 0 Å². The predicted molar refractivity (Wildman–Crippen MR) is 73.6 cm³/mol. The van der Waals surface area contributed by atoms with Gasteiger partial charge in [0.25, 0.3) is 0 Å². The smallest absolute Gasteiger partial charge is 0.223 e. The molecule has 0 radical (unpaired) electrons. The van der Waals surface area contributed by atoms with Crippen molar-refractivity contribution in [1.29, 1.82) is 0 Å². The fourth-order valence-electron chi connectivity index (χ4n) is 3.35. The number of carbonyl (C=O) groups excluding carboxylic acids is 1. The zero-order valence-corrected chi connectivity index (χ0v) is 11.7. The normalized spacial score (nSPS) is 32.3. The van der Waals surface area contributed by atoms with Gasteiger partial charge in [-0.05, 0) is 56.9 Å². The number of carbonyl (C=O) groups is 1. The standard InChI is InChI=1S/C15H26N2O2/c18-12-4-8-17(9-5-12)7-1-6-16-15(19)14-10-13(14)11-2-3-11/h11-14,18H,1-10H2,(H,16,19). The second-order valence-electron chi connectivity index (χ2n) is 6.56. The molecule has 1 amide bonds. The minimum atomic E-state index is -0.0924. The molecule has 2 aliphatic carbocycles. The van der Waals surface area contributed by atoms with Crippen LogP contribution in [0.25, 0.3) is 0 Å². The number of aliphatic hydroxyl groups is 1. The number of aliphatic hydroxyl groups excluding tert-OH is 1. The van der Waals surface area contributed by atoms with Crippen LogP contribution in [0.15, 0.2) is 0 Å². The molecule has 0 bridgehead atoms. The average Bonchev–Trinajstić information content (AvgIpc) is 3.28. The van der Waals surface area contributed by atoms with Gasteiger partial charge in [0.15, 0.2) is 0 Å². The molecular formula is C15H26N2O2. The van der Waals surface area contributed by atoms with E-state index >= 15 is 0 Å². The molecule has 3 rings (SSSR count). The van der Waals surface area contributed by atoms with Crippen molar-refractivity contribution in [3.8, 4) is 0 Å². The van der Waals surface area contributed by atoms with Crippen LogP contribution in [0.5, 0.6) is 0 Å². The Kier molecular flexibility index (Phi) is 4.08. The highest BCUT2D eigenvalue weighted by Crippen LogP contribution is 2.54. The fraction of sp³-hybridized carbons (Fsp3) is 0.933. The van der Waals surface area contributed by atoms with Crippen LogP contribution in [-0.2, 0) is 4.79 Å². The maximum Gasteiger partial charge on any atom is 0.223 e. The average molecular weight is 266 g/mol. The molecular weight excluding hydrogens is 240 g/mol. The molecule has 2 atom stereocenters. The van der Waals surface area contributed by atoms with Crippen molar-refractivity contribution in [1.82, 2.24) is 10.2 Å². The maximum atomic E-state index is 11.9. The van der Waals surface area contributed by atoms with Crippen molar-refractivity contribution < 1.29 is 9.90 Å². The van der Waals surface area contributed by atoms with E-state index in [1.165, 1.54) is 12.8 Å². The van der Waals surface area contributed by atoms with Gasteiger partial charge in [-0.15, -0.1) is 0 Å². The Bertz CT molecular complexity index is 322. The molecule has 3 aliphatic rings. The van der Waals surface area contributed by atoms with Gasteiger partial charge in [0.1, 0.15) is 0 Å². The lowest BCUT2D eigenvalue weighted by atomic mass is 10.1. The fourth-order valence-corrected chi connectivity index (χ4v) is 3.35. The lowest BCUT2D eigenvalue weighted by Crippen LogP contribution is -2.37. The molecule has 3 fully saturated rings. The Hall–Kier alpha value is -0.610. The third-order valence-corrected chi connectivity index (χ3v) is 4.91. The summed E-state index contributed by atoms with van der Waals surface area (Å²) in [6.45, 7) is 3.86. The molecule has 1 heterocycles. The Morgan fingerprint density at radius 3 is 2.63 bits per heavy atom. The van der Waals surface area contributed by atoms with Gasteiger partial charge in [-0.1, -0.05) is 0 Å². The van der Waals surface area contributed by atoms with Crippen LogP contribution in [0.2, 0.25) is 0 Å². The second-order valence-corrected chi connectivity index (χ2v) is 6.56. The summed E-state index contributed by atoms with van der Waals surface area (Å²) in [5.74, 6) is 2.25. The first-order chi connectivity index (χ1) is 9.24. The Balaban J connectivity index is 1.24. The SMILES string of the molecule is O=C(NCCCN1CCC(O)CC1)C1CC1C1CC1. The third kappa shape index (κ3) is 3.69. The second kappa shape index (κ2) is 5.80. The van der Waals surface area contributed by atoms with Crippen LogP contribution in [-0.4, -0.2) is 48.2 Å². The summed E-state index contributed by atoms with van der Waals surface area (Å²) in [6.07, 6.45) is 6.59. The summed E-state index contributed by atoms with van der Waals surface area (Å²) in [4.78, 5) is 14.3. The van der Waals surface area contributed by atoms with Gasteiger partial charge in [0.2, 0.25) is 5.91 Å². The summed E-state index contributed by atoms with van der Waals surface area (Å²) >= 11 is 0. The van der Waals surface area contributed by atoms with E-state index in [1.807, 2.05) is 0 Å². The topological polar surface area (TPSA) is 52.6 Å². The lowest BCUT2D eigenvalue weighted by molar-refractivity contribution is -0.122. The molecule has 0 aromatic heterocycles. The number of likely N-dealkylation sites (tertiary alicyclic amines) is 1. The summed E-state index contributed by atoms with van der Waals surface area (Å²) in [5.41, 5.74) is 0. The summed E-state index contributed by atoms with van der Waals surface area (Å²) < 4.78 is 0. The maximum absolute atomic E-state index is 11.9. The first kappa shape index (κ1) is 13.4. The number of hydrogen-bond donors (Lipinski definition) is 2. The summed E-state index contributed by atoms with van der Waals surface area (Å²) in [7, 11) is 0. The number of nitrogens with zero attached hydrogens (tertiary/aromatic N) is 1. The molecule has 0 aromatic carbocycles. The van der Waals surface area contributed by atoms with E-state index < -0.39 is 0 Å². The van der Waals surface area contributed by atoms with Gasteiger partial charge in [-0.25, -0.2) is 0 Å². The Labute approximate surface area is 115 Å². The van der Waals surface area contributed by atoms with E-state index in [0.717, 1.165) is 63.7 Å². The molecule has 2 N–H and O–H groups in total. The van der Waals surface area contributed by atoms with E-state index in [0.29, 0.717) is 11.8 Å². The van der Waals surface area contributed by atoms with Gasteiger partial charge in [-0.2, -0.15) is 0 Å². The van der Waals surface area contributed by atoms with Gasteiger partial charge >= 0.3 is 0 Å². The predicted octanol–water partition coefficient (Wildman–Crippen LogP) is 0.995. The zero-order valence-electron chi connectivity index (χ0n) is 11.7. The Morgan fingerprint density at radius 1 is 1.21 bits per heavy atom. The van der Waals surface area contributed by atoms with E-state index in [9.17, 15) is 9.90 Å². The molecule has 19 heavy (non-hydrogen) atoms. The van der Waals surface area contributed by atoms with Crippen LogP contribution in [0.4, 0.5) is 0 Å². The quantitative estimate of drug-likeness (QED) is 0.705. The highest BCUT2D eigenvalue weighted by atomic mass is 16.3. The van der Waals surface area contributed by atoms with Crippen molar-refractivity contribution in [2.45, 2.75) is 44.6 Å². The van der Waals surface area contributed by atoms with E-state index in [1.54, 1.807) is 0 Å². The minimum Gasteiger partial charge on any atom is -0.393 e. The summed E-state index contributed by atoms with van der Waals surface area (Å²) in [5, 5.41) is 12.5. The lowest BCUT2D eigenvalue weighted by Gasteiger charge is -2.29. The van der Waals surface area contributed by atoms with E-state index in [-0.39, 0.29) is 6.10 Å². The minimum absolute atomic E-state index is 0.0924. The van der Waals surface area contributed by atoms with Gasteiger partial charge < -0.3 is 15.3 Å². The van der Waals surface area contributed by atoms with E-state index in [4.69, 9.17) is 0 Å². The van der Waals surface area contributed by atoms with Crippen LogP contribution < -0.4 is 5.32 Å². The van der Waals surface area contributed by atoms with Crippen molar-refractivity contribution in [3.63, 3.8) is 0 Å². The largest absolute Gasteiger partial charge is 0.393 e. The molecule has 1 saturated heterocycles. The Morgan fingerprint density at radius 2 is 1.95 bits per heavy atom. The molecule has 0 aromatic rings. The van der Waals surface area contributed by atoms with Crippen LogP contribution in [0, 0.1) is 17.8 Å². The third-order valence-electron chi connectivity index (χ3n) is 4.91. The number of nitrogens with one attached hydrogen (secondary N) is 1. The number of piperidine rings is 1. The first-order valence-corrected chi connectivity index (χ1v) is 7.92. The number of rotatable bonds is 6. The molecule has 4 heteroatoms. The highest BCUT2D eigenvalue weighted by molar-refractivity contribution is 5.81. The van der Waals surface area contributed by atoms with Gasteiger partial charge in [0.05, 0.1) is 6.10 Å². The molecule has 0 spiro atoms. The van der Waals surface area contributed by atoms with Crippen molar-refractivity contribution >= 4 is 5.91 Å². The van der Waals surface area contributed by atoms with Gasteiger partial charge in [0, 0.05) is 25.6 Å². The molecule has 108 valence electrons. The molecule has 4 nitrogen and oxygen atoms in total. The monoisotopic (exact) mass is 266 g/mol. The summed E-state index contributed by atoms with van der Waals surface area (Å²) in [6, 6.07) is 0.